The lowest BCUT2D eigenvalue weighted by Gasteiger charge is -2.26. The number of aromatic nitrogens is 2. The van der Waals surface area contributed by atoms with E-state index >= 15 is 0 Å². The summed E-state index contributed by atoms with van der Waals surface area (Å²) in [6.45, 7) is 4.86. The van der Waals surface area contributed by atoms with E-state index in [4.69, 9.17) is 4.74 Å². The molecule has 1 fully saturated rings. The SMILES string of the molecule is O=C(CCc1nc2sc3c(c2c(=O)[nH]1)CCCC3)NCCN1CCOCC1. The molecule has 1 aliphatic heterocycles. The smallest absolute Gasteiger partial charge is 0.259 e. The molecule has 146 valence electrons. The van der Waals surface area contributed by atoms with Crippen LogP contribution in [0.1, 0.15) is 35.5 Å². The van der Waals surface area contributed by atoms with Gasteiger partial charge in [0.1, 0.15) is 10.7 Å². The van der Waals surface area contributed by atoms with E-state index in [-0.39, 0.29) is 11.5 Å². The van der Waals surface area contributed by atoms with Gasteiger partial charge in [-0.1, -0.05) is 0 Å². The lowest BCUT2D eigenvalue weighted by Crippen LogP contribution is -2.41. The van der Waals surface area contributed by atoms with Crippen molar-refractivity contribution in [1.82, 2.24) is 20.2 Å². The van der Waals surface area contributed by atoms with Crippen LogP contribution in [0.25, 0.3) is 10.2 Å². The monoisotopic (exact) mass is 390 g/mol. The predicted molar refractivity (Wildman–Crippen MR) is 105 cm³/mol. The molecule has 0 bridgehead atoms. The molecule has 2 aliphatic rings. The average Bonchev–Trinajstić information content (AvgIpc) is 3.06. The van der Waals surface area contributed by atoms with Gasteiger partial charge in [0.25, 0.3) is 5.56 Å². The largest absolute Gasteiger partial charge is 0.379 e. The number of nitrogens with zero attached hydrogens (tertiary/aromatic N) is 2. The molecule has 0 unspecified atom stereocenters. The topological polar surface area (TPSA) is 87.3 Å². The van der Waals surface area contributed by atoms with E-state index in [0.29, 0.717) is 25.2 Å². The van der Waals surface area contributed by atoms with Gasteiger partial charge in [0.2, 0.25) is 5.91 Å². The Hall–Kier alpha value is -1.77. The van der Waals surface area contributed by atoms with Gasteiger partial charge in [-0.2, -0.15) is 0 Å². The molecule has 27 heavy (non-hydrogen) atoms. The van der Waals surface area contributed by atoms with E-state index < -0.39 is 0 Å². The first-order valence-corrected chi connectivity index (χ1v) is 10.6. The number of carbonyl (C=O) groups excluding carboxylic acids is 1. The van der Waals surface area contributed by atoms with E-state index in [0.717, 1.165) is 62.3 Å². The summed E-state index contributed by atoms with van der Waals surface area (Å²) in [4.78, 5) is 36.6. The average molecular weight is 391 g/mol. The number of H-pyrrole nitrogens is 1. The summed E-state index contributed by atoms with van der Waals surface area (Å²) in [5.74, 6) is 0.603. The molecule has 7 nitrogen and oxygen atoms in total. The standard InChI is InChI=1S/C19H26N4O3S/c24-16(20-7-8-23-9-11-26-12-10-23)6-5-15-21-18(25)17-13-3-1-2-4-14(13)27-19(17)22-15/h1-12H2,(H,20,24)(H,21,22,25). The second-order valence-corrected chi connectivity index (χ2v) is 8.29. The fraction of sp³-hybridized carbons (Fsp3) is 0.632. The Morgan fingerprint density at radius 2 is 2.07 bits per heavy atom. The number of ether oxygens (including phenoxy) is 1. The normalized spacial score (nSPS) is 17.8. The summed E-state index contributed by atoms with van der Waals surface area (Å²) in [6, 6.07) is 0. The Morgan fingerprint density at radius 3 is 2.93 bits per heavy atom. The maximum absolute atomic E-state index is 12.5. The molecular formula is C19H26N4O3S. The maximum Gasteiger partial charge on any atom is 0.259 e. The minimum absolute atomic E-state index is 0.00326. The highest BCUT2D eigenvalue weighted by Crippen LogP contribution is 2.33. The van der Waals surface area contributed by atoms with E-state index in [9.17, 15) is 9.59 Å². The zero-order valence-corrected chi connectivity index (χ0v) is 16.3. The summed E-state index contributed by atoms with van der Waals surface area (Å²) in [6.07, 6.45) is 5.15. The van der Waals surface area contributed by atoms with Crippen LogP contribution in [0.4, 0.5) is 0 Å². The van der Waals surface area contributed by atoms with Crippen LogP contribution in [0.15, 0.2) is 4.79 Å². The van der Waals surface area contributed by atoms with Crippen LogP contribution >= 0.6 is 11.3 Å². The minimum atomic E-state index is -0.0536. The summed E-state index contributed by atoms with van der Waals surface area (Å²) < 4.78 is 5.32. The predicted octanol–water partition coefficient (Wildman–Crippen LogP) is 1.24. The molecule has 0 radical (unpaired) electrons. The highest BCUT2D eigenvalue weighted by molar-refractivity contribution is 7.18. The van der Waals surface area contributed by atoms with Crippen molar-refractivity contribution in [3.05, 3.63) is 26.6 Å². The van der Waals surface area contributed by atoms with E-state index in [1.54, 1.807) is 11.3 Å². The van der Waals surface area contributed by atoms with Crippen LogP contribution in [-0.4, -0.2) is 60.2 Å². The fourth-order valence-electron chi connectivity index (χ4n) is 3.83. The van der Waals surface area contributed by atoms with Crippen LogP contribution in [0, 0.1) is 0 Å². The van der Waals surface area contributed by atoms with Gasteiger partial charge in [-0.25, -0.2) is 4.98 Å². The molecule has 2 N–H and O–H groups in total. The molecular weight excluding hydrogens is 364 g/mol. The molecule has 4 rings (SSSR count). The maximum atomic E-state index is 12.5. The number of amides is 1. The second kappa shape index (κ2) is 8.50. The zero-order chi connectivity index (χ0) is 18.6. The molecule has 3 heterocycles. The number of carbonyl (C=O) groups is 1. The Morgan fingerprint density at radius 1 is 1.26 bits per heavy atom. The van der Waals surface area contributed by atoms with Crippen molar-refractivity contribution in [2.24, 2.45) is 0 Å². The van der Waals surface area contributed by atoms with Gasteiger partial charge < -0.3 is 15.0 Å². The number of thiophene rings is 1. The molecule has 1 aliphatic carbocycles. The first-order valence-electron chi connectivity index (χ1n) is 9.81. The molecule has 1 amide bonds. The van der Waals surface area contributed by atoms with Gasteiger partial charge in [-0.3, -0.25) is 14.5 Å². The molecule has 0 atom stereocenters. The number of aromatic amines is 1. The van der Waals surface area contributed by atoms with Crippen molar-refractivity contribution in [2.45, 2.75) is 38.5 Å². The molecule has 1 saturated heterocycles. The lowest BCUT2D eigenvalue weighted by atomic mass is 9.97. The van der Waals surface area contributed by atoms with Gasteiger partial charge in [-0.05, 0) is 31.2 Å². The Bertz CT molecular complexity index is 870. The van der Waals surface area contributed by atoms with Crippen LogP contribution in [-0.2, 0) is 28.8 Å². The van der Waals surface area contributed by atoms with Gasteiger partial charge >= 0.3 is 0 Å². The number of aryl methyl sites for hydroxylation is 3. The summed E-state index contributed by atoms with van der Waals surface area (Å²) >= 11 is 1.64. The van der Waals surface area contributed by atoms with Gasteiger partial charge in [-0.15, -0.1) is 11.3 Å². The third-order valence-corrected chi connectivity index (χ3v) is 6.50. The zero-order valence-electron chi connectivity index (χ0n) is 15.5. The molecule has 0 aromatic carbocycles. The molecule has 8 heteroatoms. The highest BCUT2D eigenvalue weighted by Gasteiger charge is 2.20. The molecule has 2 aromatic heterocycles. The number of hydrogen-bond acceptors (Lipinski definition) is 6. The van der Waals surface area contributed by atoms with Crippen LogP contribution in [0.2, 0.25) is 0 Å². The van der Waals surface area contributed by atoms with Crippen molar-refractivity contribution >= 4 is 27.5 Å². The van der Waals surface area contributed by atoms with Crippen LogP contribution in [0.5, 0.6) is 0 Å². The van der Waals surface area contributed by atoms with Gasteiger partial charge in [0, 0.05) is 43.9 Å². The Labute approximate surface area is 162 Å². The van der Waals surface area contributed by atoms with E-state index in [2.05, 4.69) is 20.2 Å². The summed E-state index contributed by atoms with van der Waals surface area (Å²) in [5, 5.41) is 3.72. The molecule has 2 aromatic rings. The summed E-state index contributed by atoms with van der Waals surface area (Å²) in [7, 11) is 0. The van der Waals surface area contributed by atoms with Crippen LogP contribution in [0.3, 0.4) is 0 Å². The molecule has 0 saturated carbocycles. The lowest BCUT2D eigenvalue weighted by molar-refractivity contribution is -0.121. The Balaban J connectivity index is 1.32. The molecule has 0 spiro atoms. The summed E-state index contributed by atoms with van der Waals surface area (Å²) in [5.41, 5.74) is 1.14. The van der Waals surface area contributed by atoms with Crippen molar-refractivity contribution in [1.29, 1.82) is 0 Å². The first-order chi connectivity index (χ1) is 13.2. The third kappa shape index (κ3) is 4.39. The van der Waals surface area contributed by atoms with Crippen molar-refractivity contribution in [2.75, 3.05) is 39.4 Å². The second-order valence-electron chi connectivity index (χ2n) is 7.21. The highest BCUT2D eigenvalue weighted by atomic mass is 32.1. The number of rotatable bonds is 6. The Kier molecular flexibility index (Phi) is 5.85. The number of nitrogens with one attached hydrogen (secondary N) is 2. The van der Waals surface area contributed by atoms with Crippen molar-refractivity contribution in [3.63, 3.8) is 0 Å². The number of fused-ring (bicyclic) bond motifs is 3. The van der Waals surface area contributed by atoms with E-state index in [1.165, 1.54) is 16.9 Å². The quantitative estimate of drug-likeness (QED) is 0.775. The number of hydrogen-bond donors (Lipinski definition) is 2. The van der Waals surface area contributed by atoms with Crippen LogP contribution < -0.4 is 10.9 Å². The third-order valence-electron chi connectivity index (χ3n) is 5.32. The fourth-order valence-corrected chi connectivity index (χ4v) is 5.11. The first kappa shape index (κ1) is 18.6. The van der Waals surface area contributed by atoms with Gasteiger partial charge in [0.05, 0.1) is 18.6 Å². The van der Waals surface area contributed by atoms with Crippen molar-refractivity contribution < 1.29 is 9.53 Å². The van der Waals surface area contributed by atoms with Crippen molar-refractivity contribution in [3.8, 4) is 0 Å². The number of morpholine rings is 1. The van der Waals surface area contributed by atoms with Gasteiger partial charge in [0.15, 0.2) is 0 Å². The van der Waals surface area contributed by atoms with E-state index in [1.807, 2.05) is 0 Å². The minimum Gasteiger partial charge on any atom is -0.379 e.